The van der Waals surface area contributed by atoms with Crippen molar-refractivity contribution >= 4 is 43.4 Å². The first-order valence-corrected chi connectivity index (χ1v) is 12.9. The van der Waals surface area contributed by atoms with Crippen molar-refractivity contribution in [3.05, 3.63) is 41.7 Å². The SMILES string of the molecule is COC(=O)c1cc(F)c2c(c1)nc(-c1cc3ccc(S(C)(=O)=O)c4c3n1C(C1CC1)CN4)n2C. The maximum absolute atomic E-state index is 15.0. The van der Waals surface area contributed by atoms with Crippen LogP contribution in [0.3, 0.4) is 0 Å². The molecule has 1 N–H and O–H groups in total. The van der Waals surface area contributed by atoms with Crippen molar-refractivity contribution in [2.45, 2.75) is 23.8 Å². The predicted molar refractivity (Wildman–Crippen MR) is 126 cm³/mol. The molecule has 10 heteroatoms. The number of nitrogens with one attached hydrogen (secondary N) is 1. The van der Waals surface area contributed by atoms with Crippen molar-refractivity contribution in [3.8, 4) is 11.5 Å². The van der Waals surface area contributed by atoms with E-state index in [0.717, 1.165) is 35.5 Å². The second kappa shape index (κ2) is 7.05. The fourth-order valence-corrected chi connectivity index (χ4v) is 6.07. The summed E-state index contributed by atoms with van der Waals surface area (Å²) in [7, 11) is -0.445. The summed E-state index contributed by atoms with van der Waals surface area (Å²) < 4.78 is 48.6. The van der Waals surface area contributed by atoms with Crippen molar-refractivity contribution < 1.29 is 22.3 Å². The number of halogens is 1. The molecule has 1 saturated carbocycles. The van der Waals surface area contributed by atoms with Gasteiger partial charge < -0.3 is 19.2 Å². The van der Waals surface area contributed by atoms with E-state index < -0.39 is 21.6 Å². The van der Waals surface area contributed by atoms with Crippen LogP contribution in [0.5, 0.6) is 0 Å². The average molecular weight is 483 g/mol. The van der Waals surface area contributed by atoms with Crippen LogP contribution >= 0.6 is 0 Å². The van der Waals surface area contributed by atoms with Gasteiger partial charge in [-0.3, -0.25) is 0 Å². The zero-order valence-electron chi connectivity index (χ0n) is 18.9. The van der Waals surface area contributed by atoms with Crippen LogP contribution in [0.25, 0.3) is 33.5 Å². The number of nitrogens with zero attached hydrogens (tertiary/aromatic N) is 3. The molecule has 6 rings (SSSR count). The molecule has 0 spiro atoms. The number of methoxy groups -OCH3 is 1. The standard InChI is InChI=1S/C24H23FN4O4S/c1-28-22-15(25)8-14(24(30)33-2)9-16(22)27-23(28)17-10-13-6-7-19(34(3,31)32)20-21(13)29(17)18(11-26-20)12-4-5-12/h6-10,12,18,26H,4-5,11H2,1-3H3. The van der Waals surface area contributed by atoms with E-state index >= 15 is 4.39 Å². The Morgan fingerprint density at radius 3 is 2.65 bits per heavy atom. The fraction of sp³-hybridized carbons (Fsp3) is 0.333. The van der Waals surface area contributed by atoms with E-state index in [9.17, 15) is 13.2 Å². The van der Waals surface area contributed by atoms with Crippen molar-refractivity contribution in [1.82, 2.24) is 14.1 Å². The van der Waals surface area contributed by atoms with Crippen LogP contribution in [0.1, 0.15) is 29.2 Å². The quantitative estimate of drug-likeness (QED) is 0.444. The topological polar surface area (TPSA) is 95.2 Å². The van der Waals surface area contributed by atoms with Crippen LogP contribution < -0.4 is 5.32 Å². The zero-order chi connectivity index (χ0) is 23.9. The summed E-state index contributed by atoms with van der Waals surface area (Å²) in [4.78, 5) is 17.0. The molecule has 1 atom stereocenters. The first-order chi connectivity index (χ1) is 16.2. The Kier molecular flexibility index (Phi) is 4.39. The second-order valence-electron chi connectivity index (χ2n) is 9.15. The van der Waals surface area contributed by atoms with E-state index in [0.29, 0.717) is 29.5 Å². The molecule has 0 bridgehead atoms. The minimum Gasteiger partial charge on any atom is -0.465 e. The highest BCUT2D eigenvalue weighted by Gasteiger charge is 2.38. The zero-order valence-corrected chi connectivity index (χ0v) is 19.7. The molecule has 8 nitrogen and oxygen atoms in total. The minimum atomic E-state index is -3.44. The molecule has 1 aliphatic carbocycles. The first-order valence-electron chi connectivity index (χ1n) is 11.1. The summed E-state index contributed by atoms with van der Waals surface area (Å²) in [6, 6.07) is 8.23. The Hall–Kier alpha value is -3.40. The number of hydrogen-bond donors (Lipinski definition) is 1. The van der Waals surface area contributed by atoms with E-state index in [1.165, 1.54) is 19.4 Å². The third-order valence-electron chi connectivity index (χ3n) is 6.92. The van der Waals surface area contributed by atoms with Gasteiger partial charge in [-0.05, 0) is 43.0 Å². The molecule has 0 saturated heterocycles. The third-order valence-corrected chi connectivity index (χ3v) is 8.06. The van der Waals surface area contributed by atoms with Gasteiger partial charge in [0.2, 0.25) is 0 Å². The smallest absolute Gasteiger partial charge is 0.338 e. The Labute approximate surface area is 195 Å². The van der Waals surface area contributed by atoms with E-state index in [-0.39, 0.29) is 22.0 Å². The number of imidazole rings is 1. The maximum atomic E-state index is 15.0. The van der Waals surface area contributed by atoms with Crippen molar-refractivity contribution in [3.63, 3.8) is 0 Å². The van der Waals surface area contributed by atoms with E-state index in [2.05, 4.69) is 9.88 Å². The number of esters is 1. The Morgan fingerprint density at radius 2 is 1.97 bits per heavy atom. The highest BCUT2D eigenvalue weighted by atomic mass is 32.2. The van der Waals surface area contributed by atoms with Gasteiger partial charge in [0.1, 0.15) is 11.3 Å². The summed E-state index contributed by atoms with van der Waals surface area (Å²) in [5.74, 6) is -0.163. The van der Waals surface area contributed by atoms with E-state index in [1.807, 2.05) is 12.1 Å². The fourth-order valence-electron chi connectivity index (χ4n) is 5.22. The molecule has 1 fully saturated rings. The van der Waals surface area contributed by atoms with Gasteiger partial charge in [0.25, 0.3) is 0 Å². The lowest BCUT2D eigenvalue weighted by Gasteiger charge is -2.30. The third kappa shape index (κ3) is 2.97. The number of aromatic nitrogens is 3. The number of anilines is 1. The molecule has 1 aliphatic heterocycles. The Bertz CT molecular complexity index is 1630. The summed E-state index contributed by atoms with van der Waals surface area (Å²) >= 11 is 0. The van der Waals surface area contributed by atoms with Gasteiger partial charge in [0.15, 0.2) is 15.7 Å². The van der Waals surface area contributed by atoms with Crippen LogP contribution in [0.2, 0.25) is 0 Å². The molecule has 34 heavy (non-hydrogen) atoms. The number of benzene rings is 2. The van der Waals surface area contributed by atoms with Gasteiger partial charge in [-0.25, -0.2) is 22.6 Å². The van der Waals surface area contributed by atoms with Gasteiger partial charge in [-0.2, -0.15) is 0 Å². The number of carbonyl (C=O) groups excluding carboxylic acids is 1. The molecule has 0 radical (unpaired) electrons. The molecular formula is C24H23FN4O4S. The molecule has 3 heterocycles. The lowest BCUT2D eigenvalue weighted by Crippen LogP contribution is -2.27. The number of rotatable bonds is 4. The van der Waals surface area contributed by atoms with Gasteiger partial charge in [-0.15, -0.1) is 0 Å². The number of carbonyl (C=O) groups is 1. The van der Waals surface area contributed by atoms with Crippen LogP contribution in [0, 0.1) is 11.7 Å². The number of sulfone groups is 1. The van der Waals surface area contributed by atoms with Crippen LogP contribution in [-0.2, 0) is 21.6 Å². The van der Waals surface area contributed by atoms with Gasteiger partial charge in [-0.1, -0.05) is 6.07 Å². The molecule has 1 unspecified atom stereocenters. The van der Waals surface area contributed by atoms with Crippen molar-refractivity contribution in [2.24, 2.45) is 13.0 Å². The van der Waals surface area contributed by atoms with E-state index in [1.54, 1.807) is 17.7 Å². The summed E-state index contributed by atoms with van der Waals surface area (Å²) in [6.45, 7) is 0.603. The molecule has 4 aromatic rings. The highest BCUT2D eigenvalue weighted by molar-refractivity contribution is 7.90. The number of ether oxygens (including phenoxy) is 1. The van der Waals surface area contributed by atoms with Crippen LogP contribution in [-0.4, -0.2) is 48.4 Å². The number of aryl methyl sites for hydroxylation is 1. The van der Waals surface area contributed by atoms with Crippen LogP contribution in [0.15, 0.2) is 35.2 Å². The van der Waals surface area contributed by atoms with Crippen molar-refractivity contribution in [2.75, 3.05) is 25.2 Å². The first kappa shape index (κ1) is 21.2. The monoisotopic (exact) mass is 482 g/mol. The second-order valence-corrected chi connectivity index (χ2v) is 11.1. The van der Waals surface area contributed by atoms with Gasteiger partial charge in [0.05, 0.1) is 46.0 Å². The predicted octanol–water partition coefficient (Wildman–Crippen LogP) is 3.90. The average Bonchev–Trinajstić information content (AvgIpc) is 3.49. The number of fused-ring (bicyclic) bond motifs is 1. The molecule has 2 aliphatic rings. The normalized spacial score (nSPS) is 17.8. The lowest BCUT2D eigenvalue weighted by molar-refractivity contribution is 0.0600. The van der Waals surface area contributed by atoms with Gasteiger partial charge >= 0.3 is 5.97 Å². The van der Waals surface area contributed by atoms with E-state index in [4.69, 9.17) is 9.72 Å². The Morgan fingerprint density at radius 1 is 1.21 bits per heavy atom. The maximum Gasteiger partial charge on any atom is 0.338 e. The number of hydrogen-bond acceptors (Lipinski definition) is 6. The molecule has 2 aromatic heterocycles. The summed E-state index contributed by atoms with van der Waals surface area (Å²) in [5, 5.41) is 4.26. The van der Waals surface area contributed by atoms with Crippen LogP contribution in [0.4, 0.5) is 10.1 Å². The lowest BCUT2D eigenvalue weighted by atomic mass is 10.1. The highest BCUT2D eigenvalue weighted by Crippen LogP contribution is 2.48. The molecule has 0 amide bonds. The van der Waals surface area contributed by atoms with Gasteiger partial charge in [0, 0.05) is 25.2 Å². The molecule has 2 aromatic carbocycles. The largest absolute Gasteiger partial charge is 0.465 e. The van der Waals surface area contributed by atoms with Crippen molar-refractivity contribution in [1.29, 1.82) is 0 Å². The minimum absolute atomic E-state index is 0.0962. The Balaban J connectivity index is 1.65. The summed E-state index contributed by atoms with van der Waals surface area (Å²) in [5.41, 5.74) is 2.95. The summed E-state index contributed by atoms with van der Waals surface area (Å²) in [6.07, 6.45) is 3.42. The molecular weight excluding hydrogens is 459 g/mol. The molecule has 176 valence electrons.